The summed E-state index contributed by atoms with van der Waals surface area (Å²) in [7, 11) is 0. The molecule has 0 amide bonds. The summed E-state index contributed by atoms with van der Waals surface area (Å²) < 4.78 is 38.3. The molecule has 2 rings (SSSR count). The van der Waals surface area contributed by atoms with Gasteiger partial charge in [0.05, 0.1) is 19.8 Å². The first-order valence-corrected chi connectivity index (χ1v) is 7.54. The summed E-state index contributed by atoms with van der Waals surface area (Å²) in [5.74, 6) is -1.40. The van der Waals surface area contributed by atoms with Crippen molar-refractivity contribution in [3.63, 3.8) is 0 Å². The molecule has 0 bridgehead atoms. The van der Waals surface area contributed by atoms with Gasteiger partial charge in [-0.05, 0) is 18.4 Å². The molecular formula is C17H24F2O3. The number of ether oxygens (including phenoxy) is 2. The third-order valence-corrected chi connectivity index (χ3v) is 4.28. The maximum atomic E-state index is 13.6. The molecule has 22 heavy (non-hydrogen) atoms. The molecule has 3 nitrogen and oxygen atoms in total. The van der Waals surface area contributed by atoms with Gasteiger partial charge in [0.15, 0.2) is 5.79 Å². The number of aliphatic hydroxyl groups excluding tert-OH is 1. The van der Waals surface area contributed by atoms with E-state index in [2.05, 4.69) is 0 Å². The van der Waals surface area contributed by atoms with Gasteiger partial charge in [0.2, 0.25) is 0 Å². The zero-order valence-electron chi connectivity index (χ0n) is 13.3. The molecule has 1 saturated heterocycles. The van der Waals surface area contributed by atoms with E-state index in [1.54, 1.807) is 18.2 Å². The molecule has 1 atom stereocenters. The Morgan fingerprint density at radius 1 is 1.41 bits per heavy atom. The van der Waals surface area contributed by atoms with Gasteiger partial charge in [-0.1, -0.05) is 37.6 Å². The minimum Gasteiger partial charge on any atom is -0.392 e. The van der Waals surface area contributed by atoms with Crippen molar-refractivity contribution in [3.8, 4) is 0 Å². The van der Waals surface area contributed by atoms with Crippen molar-refractivity contribution in [2.45, 2.75) is 39.4 Å². The smallest absolute Gasteiger partial charge is 0.260 e. The highest BCUT2D eigenvalue weighted by Crippen LogP contribution is 2.50. The lowest BCUT2D eigenvalue weighted by atomic mass is 9.66. The van der Waals surface area contributed by atoms with Crippen LogP contribution in [0.15, 0.2) is 35.5 Å². The molecule has 1 aliphatic heterocycles. The lowest BCUT2D eigenvalue weighted by molar-refractivity contribution is -0.151. The van der Waals surface area contributed by atoms with Crippen LogP contribution in [0.1, 0.15) is 27.2 Å². The molecule has 1 heterocycles. The summed E-state index contributed by atoms with van der Waals surface area (Å²) in [5, 5.41) is 8.88. The molecule has 5 heteroatoms. The second-order valence-corrected chi connectivity index (χ2v) is 6.59. The molecule has 1 unspecified atom stereocenters. The van der Waals surface area contributed by atoms with E-state index in [1.807, 2.05) is 20.8 Å². The average molecular weight is 314 g/mol. The van der Waals surface area contributed by atoms with Crippen molar-refractivity contribution < 1.29 is 23.4 Å². The molecule has 0 aromatic carbocycles. The fraction of sp³-hybridized carbons (Fsp3) is 0.647. The summed E-state index contributed by atoms with van der Waals surface area (Å²) in [6, 6.07) is 0. The third-order valence-electron chi connectivity index (χ3n) is 4.28. The molecule has 0 aromatic rings. The number of aliphatic hydroxyl groups is 1. The number of rotatable bonds is 4. The predicted molar refractivity (Wildman–Crippen MR) is 80.6 cm³/mol. The number of alkyl halides is 2. The SMILES string of the molecule is CC(C=CC1C(C(F)F)=CC2(CC1(C)C)OCCO2)=CCO. The molecule has 1 spiro atoms. The molecule has 1 N–H and O–H groups in total. The fourth-order valence-electron chi connectivity index (χ4n) is 3.28. The van der Waals surface area contributed by atoms with Crippen LogP contribution < -0.4 is 0 Å². The molecular weight excluding hydrogens is 290 g/mol. The molecule has 1 aliphatic carbocycles. The second-order valence-electron chi connectivity index (χ2n) is 6.59. The second kappa shape index (κ2) is 6.60. The van der Waals surface area contributed by atoms with Crippen molar-refractivity contribution in [1.29, 1.82) is 0 Å². The summed E-state index contributed by atoms with van der Waals surface area (Å²) in [6.45, 7) is 6.54. The Bertz CT molecular complexity index is 486. The van der Waals surface area contributed by atoms with Gasteiger partial charge in [0.25, 0.3) is 6.43 Å². The summed E-state index contributed by atoms with van der Waals surface area (Å²) in [6.07, 6.45) is 4.67. The lowest BCUT2D eigenvalue weighted by Gasteiger charge is -2.44. The Labute approximate surface area is 130 Å². The van der Waals surface area contributed by atoms with Crippen molar-refractivity contribution >= 4 is 0 Å². The van der Waals surface area contributed by atoms with Gasteiger partial charge in [0, 0.05) is 17.9 Å². The Balaban J connectivity index is 2.35. The van der Waals surface area contributed by atoms with Crippen molar-refractivity contribution in [3.05, 3.63) is 35.5 Å². The Kier molecular flexibility index (Phi) is 5.20. The topological polar surface area (TPSA) is 38.7 Å². The van der Waals surface area contributed by atoms with Gasteiger partial charge in [-0.25, -0.2) is 8.78 Å². The minimum absolute atomic E-state index is 0.0474. The Morgan fingerprint density at radius 3 is 2.59 bits per heavy atom. The average Bonchev–Trinajstić information content (AvgIpc) is 2.84. The highest BCUT2D eigenvalue weighted by atomic mass is 19.3. The van der Waals surface area contributed by atoms with Gasteiger partial charge in [0.1, 0.15) is 0 Å². The summed E-state index contributed by atoms with van der Waals surface area (Å²) >= 11 is 0. The highest BCUT2D eigenvalue weighted by molar-refractivity contribution is 5.30. The number of halogens is 2. The van der Waals surface area contributed by atoms with Crippen LogP contribution in [0.2, 0.25) is 0 Å². The van der Waals surface area contributed by atoms with Crippen LogP contribution in [0.3, 0.4) is 0 Å². The molecule has 124 valence electrons. The first-order valence-electron chi connectivity index (χ1n) is 7.54. The van der Waals surface area contributed by atoms with Crippen molar-refractivity contribution in [2.75, 3.05) is 19.8 Å². The standard InChI is InChI=1S/C17H24F2O3/c1-12(6-7-20)4-5-14-13(15(18)19)10-17(11-16(14,2)3)21-8-9-22-17/h4-6,10,14-15,20H,7-9,11H2,1-3H3. The highest BCUT2D eigenvalue weighted by Gasteiger charge is 2.49. The van der Waals surface area contributed by atoms with Gasteiger partial charge < -0.3 is 14.6 Å². The van der Waals surface area contributed by atoms with Crippen LogP contribution >= 0.6 is 0 Å². The normalized spacial score (nSPS) is 27.9. The van der Waals surface area contributed by atoms with Crippen LogP contribution in [0, 0.1) is 11.3 Å². The van der Waals surface area contributed by atoms with Crippen molar-refractivity contribution in [1.82, 2.24) is 0 Å². The van der Waals surface area contributed by atoms with E-state index < -0.39 is 23.5 Å². The first kappa shape index (κ1) is 17.3. The quantitative estimate of drug-likeness (QED) is 0.638. The predicted octanol–water partition coefficient (Wildman–Crippen LogP) is 3.46. The van der Waals surface area contributed by atoms with Gasteiger partial charge in [-0.15, -0.1) is 0 Å². The van der Waals surface area contributed by atoms with Crippen LogP contribution in [-0.4, -0.2) is 37.1 Å². The summed E-state index contributed by atoms with van der Waals surface area (Å²) in [4.78, 5) is 0. The molecule has 0 saturated carbocycles. The fourth-order valence-corrected chi connectivity index (χ4v) is 3.28. The van der Waals surface area contributed by atoms with E-state index in [1.165, 1.54) is 6.08 Å². The van der Waals surface area contributed by atoms with Gasteiger partial charge >= 0.3 is 0 Å². The van der Waals surface area contributed by atoms with Gasteiger partial charge in [-0.2, -0.15) is 0 Å². The monoisotopic (exact) mass is 314 g/mol. The van der Waals surface area contributed by atoms with E-state index in [0.29, 0.717) is 19.6 Å². The molecule has 1 fully saturated rings. The Morgan fingerprint density at radius 2 is 2.05 bits per heavy atom. The molecule has 0 radical (unpaired) electrons. The van der Waals surface area contributed by atoms with Crippen LogP contribution in [0.25, 0.3) is 0 Å². The lowest BCUT2D eigenvalue weighted by Crippen LogP contribution is -2.43. The zero-order chi connectivity index (χ0) is 16.4. The third kappa shape index (κ3) is 3.65. The first-order chi connectivity index (χ1) is 10.3. The van der Waals surface area contributed by atoms with Crippen LogP contribution in [0.4, 0.5) is 8.78 Å². The van der Waals surface area contributed by atoms with E-state index in [4.69, 9.17) is 14.6 Å². The molecule has 0 aromatic heterocycles. The zero-order valence-corrected chi connectivity index (χ0v) is 13.3. The Hall–Kier alpha value is -1.04. The van der Waals surface area contributed by atoms with Gasteiger partial charge in [-0.3, -0.25) is 0 Å². The van der Waals surface area contributed by atoms with E-state index >= 15 is 0 Å². The van der Waals surface area contributed by atoms with Crippen LogP contribution in [-0.2, 0) is 9.47 Å². The van der Waals surface area contributed by atoms with E-state index in [0.717, 1.165) is 5.57 Å². The maximum absolute atomic E-state index is 13.6. The minimum atomic E-state index is -2.55. The van der Waals surface area contributed by atoms with Crippen molar-refractivity contribution in [2.24, 2.45) is 11.3 Å². The maximum Gasteiger partial charge on any atom is 0.260 e. The van der Waals surface area contributed by atoms with E-state index in [9.17, 15) is 8.78 Å². The van der Waals surface area contributed by atoms with Crippen LogP contribution in [0.5, 0.6) is 0 Å². The largest absolute Gasteiger partial charge is 0.392 e. The number of allylic oxidation sites excluding steroid dienone is 4. The van der Waals surface area contributed by atoms with E-state index in [-0.39, 0.29) is 12.2 Å². The summed E-state index contributed by atoms with van der Waals surface area (Å²) in [5.41, 5.74) is 0.479. The number of hydrogen-bond acceptors (Lipinski definition) is 3. The number of hydrogen-bond donors (Lipinski definition) is 1. The molecule has 2 aliphatic rings.